The molecule has 1 atom stereocenters. The molecule has 4 nitrogen and oxygen atoms in total. The van der Waals surface area contributed by atoms with Gasteiger partial charge in [-0.2, -0.15) is 0 Å². The van der Waals surface area contributed by atoms with Gasteiger partial charge < -0.3 is 16.0 Å². The van der Waals surface area contributed by atoms with Crippen LogP contribution in [0.3, 0.4) is 0 Å². The highest BCUT2D eigenvalue weighted by atomic mass is 16.1. The number of primary amides is 1. The van der Waals surface area contributed by atoms with E-state index in [1.54, 1.807) is 0 Å². The van der Waals surface area contributed by atoms with Crippen molar-refractivity contribution in [3.8, 4) is 0 Å². The molecule has 2 saturated carbocycles. The van der Waals surface area contributed by atoms with Crippen LogP contribution in [-0.2, 0) is 4.79 Å². The van der Waals surface area contributed by atoms with E-state index in [2.05, 4.69) is 24.1 Å². The number of carbonyl (C=O) groups excluding carboxylic acids is 1. The van der Waals surface area contributed by atoms with E-state index >= 15 is 0 Å². The van der Waals surface area contributed by atoms with Crippen LogP contribution in [0, 0.1) is 11.8 Å². The molecule has 4 heteroatoms. The van der Waals surface area contributed by atoms with Gasteiger partial charge in [0.1, 0.15) is 0 Å². The maximum absolute atomic E-state index is 11.5. The molecule has 2 fully saturated rings. The van der Waals surface area contributed by atoms with Crippen molar-refractivity contribution < 1.29 is 4.79 Å². The first kappa shape index (κ1) is 14.8. The minimum Gasteiger partial charge on any atom is -0.368 e. The van der Waals surface area contributed by atoms with Crippen molar-refractivity contribution in [2.24, 2.45) is 17.6 Å². The minimum atomic E-state index is -0.216. The number of nitrogens with zero attached hydrogens (tertiary/aromatic N) is 1. The summed E-state index contributed by atoms with van der Waals surface area (Å²) < 4.78 is 0. The summed E-state index contributed by atoms with van der Waals surface area (Å²) in [6, 6.07) is 0.124. The average Bonchev–Trinajstić information content (AvgIpc) is 3.18. The maximum atomic E-state index is 11.5. The van der Waals surface area contributed by atoms with E-state index in [9.17, 15) is 4.79 Å². The number of carbonyl (C=O) groups is 1. The molecule has 0 aliphatic heterocycles. The zero-order valence-electron chi connectivity index (χ0n) is 12.4. The minimum absolute atomic E-state index is 0.180. The molecule has 0 heterocycles. The van der Waals surface area contributed by atoms with Gasteiger partial charge in [-0.25, -0.2) is 0 Å². The van der Waals surface area contributed by atoms with Crippen LogP contribution in [0.2, 0.25) is 0 Å². The van der Waals surface area contributed by atoms with Gasteiger partial charge in [0.05, 0.1) is 6.04 Å². The lowest BCUT2D eigenvalue weighted by atomic mass is 10.1. The van der Waals surface area contributed by atoms with E-state index in [4.69, 9.17) is 5.73 Å². The van der Waals surface area contributed by atoms with Crippen molar-refractivity contribution in [3.05, 3.63) is 0 Å². The largest absolute Gasteiger partial charge is 0.368 e. The van der Waals surface area contributed by atoms with Gasteiger partial charge >= 0.3 is 0 Å². The Bertz CT molecular complexity index is 284. The molecule has 2 rings (SSSR count). The van der Waals surface area contributed by atoms with E-state index in [1.165, 1.54) is 38.8 Å². The summed E-state index contributed by atoms with van der Waals surface area (Å²) in [6.07, 6.45) is 6.41. The molecule has 0 aromatic heterocycles. The van der Waals surface area contributed by atoms with Crippen LogP contribution < -0.4 is 11.1 Å². The Morgan fingerprint density at radius 1 is 1.21 bits per heavy atom. The summed E-state index contributed by atoms with van der Waals surface area (Å²) in [5, 5.41) is 3.27. The molecule has 2 aliphatic carbocycles. The standard InChI is InChI=1S/C15H29N3O/c1-11(2)17-14(15(16)19)7-8-18(9-12-3-4-12)10-13-5-6-13/h11-14,17H,3-10H2,1-2H3,(H2,16,19). The van der Waals surface area contributed by atoms with Gasteiger partial charge in [-0.3, -0.25) is 4.79 Å². The zero-order chi connectivity index (χ0) is 13.8. The van der Waals surface area contributed by atoms with Gasteiger partial charge in [-0.15, -0.1) is 0 Å². The fraction of sp³-hybridized carbons (Fsp3) is 0.933. The van der Waals surface area contributed by atoms with Crippen LogP contribution >= 0.6 is 0 Å². The Hall–Kier alpha value is -0.610. The third kappa shape index (κ3) is 5.91. The first-order valence-corrected chi connectivity index (χ1v) is 7.82. The van der Waals surface area contributed by atoms with Crippen LogP contribution in [-0.4, -0.2) is 42.5 Å². The second kappa shape index (κ2) is 6.71. The van der Waals surface area contributed by atoms with Crippen LogP contribution in [0.25, 0.3) is 0 Å². The molecule has 2 aliphatic rings. The van der Waals surface area contributed by atoms with Crippen molar-refractivity contribution in [2.45, 2.75) is 58.0 Å². The van der Waals surface area contributed by atoms with E-state index in [1.807, 2.05) is 0 Å². The summed E-state index contributed by atoms with van der Waals surface area (Å²) in [4.78, 5) is 14.0. The van der Waals surface area contributed by atoms with Crippen LogP contribution in [0.1, 0.15) is 46.0 Å². The van der Waals surface area contributed by atoms with E-state index < -0.39 is 0 Å². The zero-order valence-corrected chi connectivity index (χ0v) is 12.4. The number of hydrogen-bond donors (Lipinski definition) is 2. The van der Waals surface area contributed by atoms with Crippen LogP contribution in [0.5, 0.6) is 0 Å². The molecular formula is C15H29N3O. The third-order valence-corrected chi connectivity index (χ3v) is 4.04. The summed E-state index contributed by atoms with van der Waals surface area (Å²) in [7, 11) is 0. The monoisotopic (exact) mass is 267 g/mol. The molecule has 0 bridgehead atoms. The number of nitrogens with one attached hydrogen (secondary N) is 1. The predicted octanol–water partition coefficient (Wildman–Crippen LogP) is 1.35. The maximum Gasteiger partial charge on any atom is 0.234 e. The smallest absolute Gasteiger partial charge is 0.234 e. The Kier molecular flexibility index (Phi) is 5.22. The van der Waals surface area contributed by atoms with Gasteiger partial charge in [0.15, 0.2) is 0 Å². The van der Waals surface area contributed by atoms with E-state index in [0.29, 0.717) is 6.04 Å². The normalized spacial score (nSPS) is 21.1. The van der Waals surface area contributed by atoms with E-state index in [0.717, 1.165) is 24.8 Å². The van der Waals surface area contributed by atoms with Gasteiger partial charge in [0, 0.05) is 25.7 Å². The first-order valence-electron chi connectivity index (χ1n) is 7.82. The Morgan fingerprint density at radius 2 is 1.74 bits per heavy atom. The quantitative estimate of drug-likeness (QED) is 0.628. The molecule has 1 amide bonds. The summed E-state index contributed by atoms with van der Waals surface area (Å²) in [5.41, 5.74) is 5.48. The second-order valence-corrected chi connectivity index (χ2v) is 6.71. The summed E-state index contributed by atoms with van der Waals surface area (Å²) in [6.45, 7) is 7.57. The molecule has 0 radical (unpaired) electrons. The highest BCUT2D eigenvalue weighted by molar-refractivity contribution is 5.79. The van der Waals surface area contributed by atoms with Gasteiger partial charge in [0.2, 0.25) is 5.91 Å². The summed E-state index contributed by atoms with van der Waals surface area (Å²) >= 11 is 0. The SMILES string of the molecule is CC(C)NC(CCN(CC1CC1)CC1CC1)C(N)=O. The van der Waals surface area contributed by atoms with Crippen molar-refractivity contribution in [1.82, 2.24) is 10.2 Å². The molecule has 110 valence electrons. The topological polar surface area (TPSA) is 58.4 Å². The lowest BCUT2D eigenvalue weighted by molar-refractivity contribution is -0.120. The molecule has 1 unspecified atom stereocenters. The highest BCUT2D eigenvalue weighted by Crippen LogP contribution is 2.33. The van der Waals surface area contributed by atoms with Crippen molar-refractivity contribution in [3.63, 3.8) is 0 Å². The van der Waals surface area contributed by atoms with Gasteiger partial charge in [-0.1, -0.05) is 13.8 Å². The van der Waals surface area contributed by atoms with Crippen molar-refractivity contribution in [2.75, 3.05) is 19.6 Å². The Balaban J connectivity index is 1.75. The molecule has 0 aromatic rings. The van der Waals surface area contributed by atoms with Crippen molar-refractivity contribution in [1.29, 1.82) is 0 Å². The number of nitrogens with two attached hydrogens (primary N) is 1. The molecule has 3 N–H and O–H groups in total. The van der Waals surface area contributed by atoms with Gasteiger partial charge in [0.25, 0.3) is 0 Å². The fourth-order valence-corrected chi connectivity index (χ4v) is 2.61. The van der Waals surface area contributed by atoms with Crippen LogP contribution in [0.4, 0.5) is 0 Å². The lowest BCUT2D eigenvalue weighted by Gasteiger charge is -2.25. The Morgan fingerprint density at radius 3 is 2.11 bits per heavy atom. The molecule has 0 saturated heterocycles. The van der Waals surface area contributed by atoms with E-state index in [-0.39, 0.29) is 11.9 Å². The molecule has 0 aromatic carbocycles. The first-order chi connectivity index (χ1) is 9.04. The predicted molar refractivity (Wildman–Crippen MR) is 77.8 cm³/mol. The summed E-state index contributed by atoms with van der Waals surface area (Å²) in [5.74, 6) is 1.62. The molecule has 19 heavy (non-hydrogen) atoms. The lowest BCUT2D eigenvalue weighted by Crippen LogP contribution is -2.46. The average molecular weight is 267 g/mol. The number of rotatable bonds is 10. The fourth-order valence-electron chi connectivity index (χ4n) is 2.61. The van der Waals surface area contributed by atoms with Gasteiger partial charge in [-0.05, 0) is 43.9 Å². The Labute approximate surface area is 117 Å². The van der Waals surface area contributed by atoms with Crippen molar-refractivity contribution >= 4 is 5.91 Å². The van der Waals surface area contributed by atoms with Crippen LogP contribution in [0.15, 0.2) is 0 Å². The molecular weight excluding hydrogens is 238 g/mol. The third-order valence-electron chi connectivity index (χ3n) is 4.04. The number of amides is 1. The second-order valence-electron chi connectivity index (χ2n) is 6.71. The number of hydrogen-bond acceptors (Lipinski definition) is 3. The molecule has 0 spiro atoms. The highest BCUT2D eigenvalue weighted by Gasteiger charge is 2.29.